The highest BCUT2D eigenvalue weighted by Gasteiger charge is 2.04. The minimum Gasteiger partial charge on any atom is -0.0949 e. The van der Waals surface area contributed by atoms with E-state index in [4.69, 9.17) is 0 Å². The lowest BCUT2D eigenvalue weighted by Gasteiger charge is -2.11. The molecule has 0 nitrogen and oxygen atoms in total. The fraction of sp³-hybridized carbons (Fsp3) is 0.0588. The van der Waals surface area contributed by atoms with Crippen LogP contribution in [0.3, 0.4) is 0 Å². The first kappa shape index (κ1) is 11.4. The van der Waals surface area contributed by atoms with E-state index in [1.54, 1.807) is 0 Å². The standard InChI is InChI=1S/C11H10.C6H6/c1-9-5-4-7-10-6-2-3-8-11(9)10;1-2-4-6-5-3-1/h2-4,6-8H,1,5H2;1-6H. The molecule has 3 rings (SSSR count). The van der Waals surface area contributed by atoms with Crippen molar-refractivity contribution in [1.82, 2.24) is 0 Å². The summed E-state index contributed by atoms with van der Waals surface area (Å²) in [6.07, 6.45) is 5.31. The van der Waals surface area contributed by atoms with Gasteiger partial charge in [0.25, 0.3) is 0 Å². The van der Waals surface area contributed by atoms with Crippen LogP contribution in [-0.4, -0.2) is 0 Å². The number of allylic oxidation sites excluding steroid dienone is 2. The van der Waals surface area contributed by atoms with Crippen LogP contribution in [0.5, 0.6) is 0 Å². The summed E-state index contributed by atoms with van der Waals surface area (Å²) in [4.78, 5) is 0. The van der Waals surface area contributed by atoms with Gasteiger partial charge in [-0.15, -0.1) is 0 Å². The molecule has 1 aliphatic carbocycles. The Morgan fingerprint density at radius 1 is 0.765 bits per heavy atom. The molecule has 2 aromatic carbocycles. The van der Waals surface area contributed by atoms with E-state index in [9.17, 15) is 0 Å². The molecule has 17 heavy (non-hydrogen) atoms. The zero-order chi connectivity index (χ0) is 11.9. The number of benzene rings is 2. The fourth-order valence-corrected chi connectivity index (χ4v) is 1.79. The van der Waals surface area contributed by atoms with E-state index < -0.39 is 0 Å². The van der Waals surface area contributed by atoms with Crippen LogP contribution >= 0.6 is 0 Å². The Morgan fingerprint density at radius 3 is 1.94 bits per heavy atom. The summed E-state index contributed by atoms with van der Waals surface area (Å²) in [7, 11) is 0. The molecule has 0 unspecified atom stereocenters. The predicted octanol–water partition coefficient (Wildman–Crippen LogP) is 4.80. The van der Waals surface area contributed by atoms with Gasteiger partial charge in [0.05, 0.1) is 0 Å². The molecule has 0 N–H and O–H groups in total. The summed E-state index contributed by atoms with van der Waals surface area (Å²) in [5, 5.41) is 0. The summed E-state index contributed by atoms with van der Waals surface area (Å²) in [6, 6.07) is 20.4. The predicted molar refractivity (Wildman–Crippen MR) is 75.6 cm³/mol. The minimum absolute atomic E-state index is 0.997. The largest absolute Gasteiger partial charge is 0.0949 e. The molecule has 0 saturated carbocycles. The molecular weight excluding hydrogens is 204 g/mol. The van der Waals surface area contributed by atoms with E-state index in [1.807, 2.05) is 36.4 Å². The maximum atomic E-state index is 4.00. The lowest BCUT2D eigenvalue weighted by atomic mass is 9.94. The van der Waals surface area contributed by atoms with Gasteiger partial charge in [-0.3, -0.25) is 0 Å². The van der Waals surface area contributed by atoms with Crippen LogP contribution in [0.1, 0.15) is 17.5 Å². The number of fused-ring (bicyclic) bond motifs is 1. The Balaban J connectivity index is 0.000000153. The highest BCUT2D eigenvalue weighted by atomic mass is 14.1. The summed E-state index contributed by atoms with van der Waals surface area (Å²) in [6.45, 7) is 4.00. The van der Waals surface area contributed by atoms with Crippen LogP contribution in [0.2, 0.25) is 0 Å². The third kappa shape index (κ3) is 3.18. The van der Waals surface area contributed by atoms with Crippen molar-refractivity contribution in [3.8, 4) is 0 Å². The molecule has 2 aromatic rings. The monoisotopic (exact) mass is 220 g/mol. The maximum Gasteiger partial charge on any atom is -0.00938 e. The maximum absolute atomic E-state index is 4.00. The molecule has 0 fully saturated rings. The number of hydrogen-bond acceptors (Lipinski definition) is 0. The van der Waals surface area contributed by atoms with Gasteiger partial charge < -0.3 is 0 Å². The van der Waals surface area contributed by atoms with Crippen LogP contribution in [0, 0.1) is 0 Å². The third-order valence-corrected chi connectivity index (χ3v) is 2.67. The van der Waals surface area contributed by atoms with Gasteiger partial charge in [0.1, 0.15) is 0 Å². The zero-order valence-corrected chi connectivity index (χ0v) is 9.84. The molecule has 0 amide bonds. The van der Waals surface area contributed by atoms with Gasteiger partial charge in [-0.1, -0.05) is 79.4 Å². The molecule has 0 aliphatic heterocycles. The van der Waals surface area contributed by atoms with Gasteiger partial charge >= 0.3 is 0 Å². The summed E-state index contributed by atoms with van der Waals surface area (Å²) in [5.41, 5.74) is 3.82. The van der Waals surface area contributed by atoms with Crippen LogP contribution in [0.25, 0.3) is 11.6 Å². The fourth-order valence-electron chi connectivity index (χ4n) is 1.79. The van der Waals surface area contributed by atoms with E-state index >= 15 is 0 Å². The summed E-state index contributed by atoms with van der Waals surface area (Å²) >= 11 is 0. The van der Waals surface area contributed by atoms with Crippen molar-refractivity contribution in [2.75, 3.05) is 0 Å². The van der Waals surface area contributed by atoms with Gasteiger partial charge in [-0.25, -0.2) is 0 Å². The molecule has 1 aliphatic rings. The smallest absolute Gasteiger partial charge is 0.00938 e. The molecule has 84 valence electrons. The zero-order valence-electron chi connectivity index (χ0n) is 9.84. The van der Waals surface area contributed by atoms with Crippen molar-refractivity contribution >= 4 is 11.6 Å². The Hall–Kier alpha value is -2.08. The van der Waals surface area contributed by atoms with E-state index in [-0.39, 0.29) is 0 Å². The number of hydrogen-bond donors (Lipinski definition) is 0. The molecule has 0 radical (unpaired) electrons. The molecule has 0 saturated heterocycles. The first-order valence-electron chi connectivity index (χ1n) is 5.81. The van der Waals surface area contributed by atoms with E-state index in [0.717, 1.165) is 6.42 Å². The topological polar surface area (TPSA) is 0 Å². The van der Waals surface area contributed by atoms with Gasteiger partial charge in [0.2, 0.25) is 0 Å². The SMILES string of the molecule is C=C1CC=Cc2ccccc21.c1ccccc1. The molecule has 0 atom stereocenters. The quantitative estimate of drug-likeness (QED) is 0.598. The summed E-state index contributed by atoms with van der Waals surface area (Å²) in [5.74, 6) is 0. The normalized spacial score (nSPS) is 12.4. The van der Waals surface area contributed by atoms with Crippen LogP contribution in [0.15, 0.2) is 73.3 Å². The van der Waals surface area contributed by atoms with E-state index in [2.05, 4.69) is 43.0 Å². The van der Waals surface area contributed by atoms with E-state index in [1.165, 1.54) is 16.7 Å². The van der Waals surface area contributed by atoms with Gasteiger partial charge in [0.15, 0.2) is 0 Å². The second kappa shape index (κ2) is 5.86. The third-order valence-electron chi connectivity index (χ3n) is 2.67. The highest BCUT2D eigenvalue weighted by Crippen LogP contribution is 2.26. The first-order valence-corrected chi connectivity index (χ1v) is 5.81. The molecule has 0 heteroatoms. The molecule has 0 spiro atoms. The number of rotatable bonds is 0. The van der Waals surface area contributed by atoms with Crippen molar-refractivity contribution in [3.63, 3.8) is 0 Å². The highest BCUT2D eigenvalue weighted by molar-refractivity contribution is 5.77. The molecular formula is C17H16. The Labute approximate surface area is 103 Å². The van der Waals surface area contributed by atoms with Gasteiger partial charge in [0, 0.05) is 0 Å². The Morgan fingerprint density at radius 2 is 1.35 bits per heavy atom. The van der Waals surface area contributed by atoms with Crippen LogP contribution in [-0.2, 0) is 0 Å². The molecule has 0 aromatic heterocycles. The second-order valence-corrected chi connectivity index (χ2v) is 3.95. The lowest BCUT2D eigenvalue weighted by Crippen LogP contribution is -1.90. The van der Waals surface area contributed by atoms with Crippen molar-refractivity contribution in [2.24, 2.45) is 0 Å². The molecule has 0 heterocycles. The minimum atomic E-state index is 0.997. The van der Waals surface area contributed by atoms with Crippen LogP contribution < -0.4 is 0 Å². The van der Waals surface area contributed by atoms with Crippen molar-refractivity contribution < 1.29 is 0 Å². The molecule has 0 bridgehead atoms. The van der Waals surface area contributed by atoms with Gasteiger partial charge in [-0.05, 0) is 23.1 Å². The van der Waals surface area contributed by atoms with Crippen molar-refractivity contribution in [1.29, 1.82) is 0 Å². The van der Waals surface area contributed by atoms with Crippen LogP contribution in [0.4, 0.5) is 0 Å². The summed E-state index contributed by atoms with van der Waals surface area (Å²) < 4.78 is 0. The van der Waals surface area contributed by atoms with Crippen molar-refractivity contribution in [3.05, 3.63) is 84.4 Å². The second-order valence-electron chi connectivity index (χ2n) is 3.95. The average Bonchev–Trinajstić information content (AvgIpc) is 2.42. The Bertz CT molecular complexity index is 480. The van der Waals surface area contributed by atoms with E-state index in [0.29, 0.717) is 0 Å². The average molecular weight is 220 g/mol. The lowest BCUT2D eigenvalue weighted by molar-refractivity contribution is 1.37. The first-order chi connectivity index (χ1) is 8.38. The van der Waals surface area contributed by atoms with Gasteiger partial charge in [-0.2, -0.15) is 0 Å². The Kier molecular flexibility index (Phi) is 3.93. The van der Waals surface area contributed by atoms with Crippen molar-refractivity contribution in [2.45, 2.75) is 6.42 Å².